The van der Waals surface area contributed by atoms with Gasteiger partial charge in [-0.15, -0.1) is 0 Å². The molecule has 132 valence electrons. The molecular weight excluding hydrogens is 318 g/mol. The molecule has 1 aromatic carbocycles. The van der Waals surface area contributed by atoms with Gasteiger partial charge in [-0.1, -0.05) is 19.1 Å². The molecule has 0 unspecified atom stereocenters. The average Bonchev–Trinajstić information content (AvgIpc) is 2.61. The molecule has 0 spiro atoms. The Balaban J connectivity index is 1.82. The number of rotatable bonds is 5. The van der Waals surface area contributed by atoms with Crippen LogP contribution in [0.4, 0.5) is 17.5 Å². The van der Waals surface area contributed by atoms with E-state index in [1.54, 1.807) is 24.3 Å². The summed E-state index contributed by atoms with van der Waals surface area (Å²) in [6.45, 7) is 8.92. The van der Waals surface area contributed by atoms with Crippen LogP contribution in [0, 0.1) is 6.92 Å². The molecule has 0 saturated carbocycles. The second-order valence-electron chi connectivity index (χ2n) is 6.09. The van der Waals surface area contributed by atoms with Crippen molar-refractivity contribution < 1.29 is 9.90 Å². The molecule has 1 aliphatic heterocycles. The van der Waals surface area contributed by atoms with Crippen molar-refractivity contribution >= 4 is 23.4 Å². The van der Waals surface area contributed by atoms with E-state index < -0.39 is 5.97 Å². The normalized spacial score (nSPS) is 15.2. The zero-order valence-corrected chi connectivity index (χ0v) is 14.6. The second-order valence-corrected chi connectivity index (χ2v) is 6.09. The molecule has 0 bridgehead atoms. The number of aryl methyl sites for hydroxylation is 1. The highest BCUT2D eigenvalue weighted by molar-refractivity contribution is 5.95. The molecule has 0 amide bonds. The largest absolute Gasteiger partial charge is 0.478 e. The molecule has 1 aliphatic rings. The van der Waals surface area contributed by atoms with Crippen LogP contribution in [-0.2, 0) is 0 Å². The van der Waals surface area contributed by atoms with E-state index in [9.17, 15) is 9.90 Å². The van der Waals surface area contributed by atoms with Crippen molar-refractivity contribution in [1.82, 2.24) is 14.9 Å². The van der Waals surface area contributed by atoms with E-state index in [4.69, 9.17) is 0 Å². The van der Waals surface area contributed by atoms with E-state index in [1.165, 1.54) is 0 Å². The van der Waals surface area contributed by atoms with E-state index in [0.717, 1.165) is 38.4 Å². The number of carbonyl (C=O) groups is 1. The SMILES string of the molecule is CCN1CCN(c2nc(C)cc(Nc3ccccc3C(=O)O)n2)CC1. The molecule has 0 radical (unpaired) electrons. The van der Waals surface area contributed by atoms with Crippen LogP contribution < -0.4 is 10.2 Å². The number of aromatic carboxylic acids is 1. The fourth-order valence-corrected chi connectivity index (χ4v) is 2.94. The Morgan fingerprint density at radius 1 is 1.20 bits per heavy atom. The number of carboxylic acids is 1. The van der Waals surface area contributed by atoms with Crippen LogP contribution in [0.1, 0.15) is 23.0 Å². The lowest BCUT2D eigenvalue weighted by Crippen LogP contribution is -2.46. The highest BCUT2D eigenvalue weighted by Gasteiger charge is 2.19. The monoisotopic (exact) mass is 341 g/mol. The van der Waals surface area contributed by atoms with Crippen LogP contribution in [0.2, 0.25) is 0 Å². The lowest BCUT2D eigenvalue weighted by Gasteiger charge is -2.34. The standard InChI is InChI=1S/C18H23N5O2/c1-3-22-8-10-23(11-9-22)18-19-13(2)12-16(21-18)20-15-7-5-4-6-14(15)17(24)25/h4-7,12H,3,8-11H2,1-2H3,(H,24,25)(H,19,20,21). The molecule has 1 fully saturated rings. The Labute approximate surface area is 147 Å². The molecule has 1 saturated heterocycles. The lowest BCUT2D eigenvalue weighted by atomic mass is 10.2. The fraction of sp³-hybridized carbons (Fsp3) is 0.389. The molecule has 3 rings (SSSR count). The van der Waals surface area contributed by atoms with Gasteiger partial charge in [-0.3, -0.25) is 0 Å². The molecule has 2 N–H and O–H groups in total. The summed E-state index contributed by atoms with van der Waals surface area (Å²) in [5, 5.41) is 12.4. The summed E-state index contributed by atoms with van der Waals surface area (Å²) >= 11 is 0. The van der Waals surface area contributed by atoms with Gasteiger partial charge in [0.2, 0.25) is 5.95 Å². The Morgan fingerprint density at radius 3 is 2.60 bits per heavy atom. The molecule has 7 nitrogen and oxygen atoms in total. The van der Waals surface area contributed by atoms with Gasteiger partial charge >= 0.3 is 5.97 Å². The molecule has 7 heteroatoms. The summed E-state index contributed by atoms with van der Waals surface area (Å²) in [5.74, 6) is 0.324. The number of carboxylic acid groups (broad SMARTS) is 1. The van der Waals surface area contributed by atoms with Gasteiger partial charge in [0.25, 0.3) is 0 Å². The van der Waals surface area contributed by atoms with Gasteiger partial charge in [0.05, 0.1) is 11.3 Å². The highest BCUT2D eigenvalue weighted by Crippen LogP contribution is 2.22. The van der Waals surface area contributed by atoms with E-state index in [2.05, 4.69) is 32.0 Å². The van der Waals surface area contributed by atoms with Crippen molar-refractivity contribution in [3.8, 4) is 0 Å². The Bertz CT molecular complexity index is 757. The average molecular weight is 341 g/mol. The summed E-state index contributed by atoms with van der Waals surface area (Å²) in [7, 11) is 0. The first-order chi connectivity index (χ1) is 12.1. The maximum atomic E-state index is 11.4. The zero-order chi connectivity index (χ0) is 17.8. The van der Waals surface area contributed by atoms with E-state index in [-0.39, 0.29) is 5.56 Å². The van der Waals surface area contributed by atoms with Gasteiger partial charge in [-0.25, -0.2) is 9.78 Å². The third-order valence-corrected chi connectivity index (χ3v) is 4.36. The molecule has 2 aromatic rings. The third kappa shape index (κ3) is 4.06. The number of anilines is 3. The second kappa shape index (κ2) is 7.48. The number of aromatic nitrogens is 2. The summed E-state index contributed by atoms with van der Waals surface area (Å²) in [5.41, 5.74) is 1.59. The number of hydrogen-bond donors (Lipinski definition) is 2. The minimum absolute atomic E-state index is 0.219. The summed E-state index contributed by atoms with van der Waals surface area (Å²) < 4.78 is 0. The first-order valence-electron chi connectivity index (χ1n) is 8.49. The summed E-state index contributed by atoms with van der Waals surface area (Å²) in [4.78, 5) is 25.1. The summed E-state index contributed by atoms with van der Waals surface area (Å²) in [6, 6.07) is 8.64. The minimum atomic E-state index is -0.968. The number of likely N-dealkylation sites (N-methyl/N-ethyl adjacent to an activating group) is 1. The van der Waals surface area contributed by atoms with Crippen molar-refractivity contribution in [3.63, 3.8) is 0 Å². The van der Waals surface area contributed by atoms with Gasteiger partial charge in [0.15, 0.2) is 0 Å². The topological polar surface area (TPSA) is 81.6 Å². The van der Waals surface area contributed by atoms with Crippen LogP contribution >= 0.6 is 0 Å². The first-order valence-corrected chi connectivity index (χ1v) is 8.49. The van der Waals surface area contributed by atoms with Crippen LogP contribution in [0.5, 0.6) is 0 Å². The van der Waals surface area contributed by atoms with Gasteiger partial charge in [0, 0.05) is 37.9 Å². The Hall–Kier alpha value is -2.67. The molecule has 2 heterocycles. The summed E-state index contributed by atoms with van der Waals surface area (Å²) in [6.07, 6.45) is 0. The van der Waals surface area contributed by atoms with Crippen molar-refractivity contribution in [3.05, 3.63) is 41.6 Å². The quantitative estimate of drug-likeness (QED) is 0.864. The fourth-order valence-electron chi connectivity index (χ4n) is 2.94. The van der Waals surface area contributed by atoms with E-state index in [1.807, 2.05) is 13.0 Å². The van der Waals surface area contributed by atoms with Crippen molar-refractivity contribution in [1.29, 1.82) is 0 Å². The Kier molecular flexibility index (Phi) is 5.14. The van der Waals surface area contributed by atoms with Gasteiger partial charge < -0.3 is 20.2 Å². The number of nitrogens with one attached hydrogen (secondary N) is 1. The zero-order valence-electron chi connectivity index (χ0n) is 14.6. The van der Waals surface area contributed by atoms with Gasteiger partial charge in [0.1, 0.15) is 5.82 Å². The van der Waals surface area contributed by atoms with Gasteiger partial charge in [-0.05, 0) is 25.6 Å². The van der Waals surface area contributed by atoms with E-state index in [0.29, 0.717) is 17.5 Å². The third-order valence-electron chi connectivity index (χ3n) is 4.36. The molecule has 0 aliphatic carbocycles. The lowest BCUT2D eigenvalue weighted by molar-refractivity contribution is 0.0698. The molecule has 25 heavy (non-hydrogen) atoms. The van der Waals surface area contributed by atoms with E-state index >= 15 is 0 Å². The van der Waals surface area contributed by atoms with Crippen molar-refractivity contribution in [2.24, 2.45) is 0 Å². The minimum Gasteiger partial charge on any atom is -0.478 e. The predicted octanol–water partition coefficient (Wildman–Crippen LogP) is 2.37. The highest BCUT2D eigenvalue weighted by atomic mass is 16.4. The maximum Gasteiger partial charge on any atom is 0.337 e. The molecule has 1 aromatic heterocycles. The van der Waals surface area contributed by atoms with Crippen molar-refractivity contribution in [2.45, 2.75) is 13.8 Å². The van der Waals surface area contributed by atoms with Crippen LogP contribution in [0.15, 0.2) is 30.3 Å². The number of piperazine rings is 1. The molecular formula is C18H23N5O2. The number of benzene rings is 1. The predicted molar refractivity (Wildman–Crippen MR) is 97.8 cm³/mol. The van der Waals surface area contributed by atoms with Crippen molar-refractivity contribution in [2.75, 3.05) is 42.9 Å². The maximum absolute atomic E-state index is 11.4. The molecule has 0 atom stereocenters. The van der Waals surface area contributed by atoms with Crippen LogP contribution in [0.25, 0.3) is 0 Å². The number of hydrogen-bond acceptors (Lipinski definition) is 6. The van der Waals surface area contributed by atoms with Crippen LogP contribution in [-0.4, -0.2) is 58.7 Å². The first kappa shape index (κ1) is 17.2. The van der Waals surface area contributed by atoms with Crippen LogP contribution in [0.3, 0.4) is 0 Å². The van der Waals surface area contributed by atoms with Gasteiger partial charge in [-0.2, -0.15) is 4.98 Å². The smallest absolute Gasteiger partial charge is 0.337 e. The number of nitrogens with zero attached hydrogens (tertiary/aromatic N) is 4. The number of para-hydroxylation sites is 1. The Morgan fingerprint density at radius 2 is 1.92 bits per heavy atom.